The summed E-state index contributed by atoms with van der Waals surface area (Å²) in [5, 5.41) is 4.22. The Morgan fingerprint density at radius 1 is 1.28 bits per heavy atom. The molecular formula is C15H22ClNO. The molecule has 1 aliphatic carbocycles. The molecule has 1 aliphatic rings. The Labute approximate surface area is 115 Å². The molecule has 1 aromatic rings. The number of ether oxygens (including phenoxy) is 1. The summed E-state index contributed by atoms with van der Waals surface area (Å²) in [6.45, 7) is 4.70. The Balaban J connectivity index is 1.95. The molecule has 0 amide bonds. The average molecular weight is 268 g/mol. The third kappa shape index (κ3) is 3.47. The molecule has 100 valence electrons. The fraction of sp³-hybridized carbons (Fsp3) is 0.600. The third-order valence-electron chi connectivity index (χ3n) is 3.70. The summed E-state index contributed by atoms with van der Waals surface area (Å²) >= 11 is 6.16. The molecule has 1 N–H and O–H groups in total. The molecule has 2 nitrogen and oxygen atoms in total. The zero-order valence-corrected chi connectivity index (χ0v) is 11.8. The van der Waals surface area contributed by atoms with E-state index >= 15 is 0 Å². The van der Waals surface area contributed by atoms with Crippen molar-refractivity contribution in [1.82, 2.24) is 5.32 Å². The van der Waals surface area contributed by atoms with E-state index in [0.29, 0.717) is 6.61 Å². The van der Waals surface area contributed by atoms with Crippen LogP contribution in [-0.4, -0.2) is 18.7 Å². The van der Waals surface area contributed by atoms with Crippen LogP contribution in [-0.2, 0) is 11.3 Å². The van der Waals surface area contributed by atoms with Crippen LogP contribution in [0.1, 0.15) is 38.2 Å². The molecule has 3 heteroatoms. The first kappa shape index (κ1) is 13.9. The minimum absolute atomic E-state index is 0.0230. The van der Waals surface area contributed by atoms with Crippen molar-refractivity contribution in [3.63, 3.8) is 0 Å². The third-order valence-corrected chi connectivity index (χ3v) is 4.07. The summed E-state index contributed by atoms with van der Waals surface area (Å²) in [7, 11) is 0. The predicted octanol–water partition coefficient (Wildman–Crippen LogP) is 3.78. The van der Waals surface area contributed by atoms with Crippen LogP contribution in [0.4, 0.5) is 0 Å². The van der Waals surface area contributed by atoms with Gasteiger partial charge in [0.15, 0.2) is 0 Å². The van der Waals surface area contributed by atoms with Gasteiger partial charge in [0, 0.05) is 11.6 Å². The summed E-state index contributed by atoms with van der Waals surface area (Å²) in [5.74, 6) is 0. The first-order valence-electron chi connectivity index (χ1n) is 6.84. The maximum absolute atomic E-state index is 6.21. The molecule has 18 heavy (non-hydrogen) atoms. The monoisotopic (exact) mass is 267 g/mol. The van der Waals surface area contributed by atoms with Crippen molar-refractivity contribution < 1.29 is 4.74 Å². The van der Waals surface area contributed by atoms with Crippen LogP contribution < -0.4 is 5.32 Å². The minimum Gasteiger partial charge on any atom is -0.369 e. The topological polar surface area (TPSA) is 21.3 Å². The van der Waals surface area contributed by atoms with Gasteiger partial charge in [-0.2, -0.15) is 0 Å². The van der Waals surface area contributed by atoms with Gasteiger partial charge in [0.05, 0.1) is 12.2 Å². The number of nitrogens with one attached hydrogen (secondary N) is 1. The largest absolute Gasteiger partial charge is 0.369 e. The Bertz CT molecular complexity index is 375. The van der Waals surface area contributed by atoms with E-state index in [-0.39, 0.29) is 5.60 Å². The molecule has 2 rings (SSSR count). The van der Waals surface area contributed by atoms with Gasteiger partial charge in [-0.1, -0.05) is 49.6 Å². The lowest BCUT2D eigenvalue weighted by atomic mass is 10.0. The normalized spacial score (nSPS) is 18.1. The lowest BCUT2D eigenvalue weighted by Crippen LogP contribution is -2.40. The number of benzene rings is 1. The van der Waals surface area contributed by atoms with Crippen LogP contribution in [0.3, 0.4) is 0 Å². The fourth-order valence-corrected chi connectivity index (χ4v) is 2.78. The van der Waals surface area contributed by atoms with Gasteiger partial charge in [-0.25, -0.2) is 0 Å². The summed E-state index contributed by atoms with van der Waals surface area (Å²) in [5.41, 5.74) is 1.11. The van der Waals surface area contributed by atoms with Crippen molar-refractivity contribution in [1.29, 1.82) is 0 Å². The van der Waals surface area contributed by atoms with Gasteiger partial charge in [0.25, 0.3) is 0 Å². The first-order valence-corrected chi connectivity index (χ1v) is 7.22. The van der Waals surface area contributed by atoms with Gasteiger partial charge in [0.1, 0.15) is 0 Å². The fourth-order valence-electron chi connectivity index (χ4n) is 2.59. The molecule has 0 aromatic heterocycles. The van der Waals surface area contributed by atoms with Crippen LogP contribution in [0.15, 0.2) is 24.3 Å². The van der Waals surface area contributed by atoms with Gasteiger partial charge in [-0.05, 0) is 31.0 Å². The highest BCUT2D eigenvalue weighted by Crippen LogP contribution is 2.34. The van der Waals surface area contributed by atoms with Crippen LogP contribution in [0, 0.1) is 0 Å². The summed E-state index contributed by atoms with van der Waals surface area (Å²) in [4.78, 5) is 0. The van der Waals surface area contributed by atoms with Gasteiger partial charge in [0.2, 0.25) is 0 Å². The lowest BCUT2D eigenvalue weighted by Gasteiger charge is -2.30. The summed E-state index contributed by atoms with van der Waals surface area (Å²) in [6.07, 6.45) is 4.86. The van der Waals surface area contributed by atoms with E-state index < -0.39 is 0 Å². The van der Waals surface area contributed by atoms with E-state index in [1.807, 2.05) is 24.3 Å². The number of halogens is 1. The average Bonchev–Trinajstić information content (AvgIpc) is 2.85. The minimum atomic E-state index is 0.0230. The molecule has 0 heterocycles. The van der Waals surface area contributed by atoms with E-state index in [1.54, 1.807) is 0 Å². The van der Waals surface area contributed by atoms with Crippen molar-refractivity contribution in [3.8, 4) is 0 Å². The number of hydrogen-bond donors (Lipinski definition) is 1. The van der Waals surface area contributed by atoms with E-state index in [4.69, 9.17) is 16.3 Å². The molecule has 0 atom stereocenters. The Morgan fingerprint density at radius 3 is 2.67 bits per heavy atom. The smallest absolute Gasteiger partial charge is 0.0810 e. The highest BCUT2D eigenvalue weighted by molar-refractivity contribution is 6.31. The molecule has 1 aromatic carbocycles. The second kappa shape index (κ2) is 6.55. The zero-order valence-electron chi connectivity index (χ0n) is 11.0. The maximum atomic E-state index is 6.21. The van der Waals surface area contributed by atoms with Crippen LogP contribution >= 0.6 is 11.6 Å². The number of hydrogen-bond acceptors (Lipinski definition) is 2. The predicted molar refractivity (Wildman–Crippen MR) is 76.0 cm³/mol. The van der Waals surface area contributed by atoms with Crippen molar-refractivity contribution in [2.75, 3.05) is 13.1 Å². The molecule has 1 fully saturated rings. The molecule has 0 aliphatic heterocycles. The second-order valence-corrected chi connectivity index (χ2v) is 5.46. The second-order valence-electron chi connectivity index (χ2n) is 5.05. The Morgan fingerprint density at radius 2 is 2.00 bits per heavy atom. The highest BCUT2D eigenvalue weighted by atomic mass is 35.5. The maximum Gasteiger partial charge on any atom is 0.0810 e. The molecule has 0 unspecified atom stereocenters. The lowest BCUT2D eigenvalue weighted by molar-refractivity contribution is -0.0500. The van der Waals surface area contributed by atoms with Crippen LogP contribution in [0.2, 0.25) is 5.02 Å². The SMILES string of the molecule is CCNCC1(OCc2ccccc2Cl)CCCC1. The number of rotatable bonds is 6. The van der Waals surface area contributed by atoms with Gasteiger partial charge in [-0.15, -0.1) is 0 Å². The van der Waals surface area contributed by atoms with E-state index in [9.17, 15) is 0 Å². The van der Waals surface area contributed by atoms with Crippen molar-refractivity contribution in [2.24, 2.45) is 0 Å². The molecule has 0 bridgehead atoms. The standard InChI is InChI=1S/C15H22ClNO/c1-2-17-12-15(9-5-6-10-15)18-11-13-7-3-4-8-14(13)16/h3-4,7-8,17H,2,5-6,9-12H2,1H3. The first-order chi connectivity index (χ1) is 8.76. The Kier molecular flexibility index (Phi) is 5.04. The molecule has 0 saturated heterocycles. The molecule has 0 radical (unpaired) electrons. The van der Waals surface area contributed by atoms with Crippen molar-refractivity contribution in [3.05, 3.63) is 34.9 Å². The quantitative estimate of drug-likeness (QED) is 0.847. The molecule has 0 spiro atoms. The summed E-state index contributed by atoms with van der Waals surface area (Å²) in [6, 6.07) is 7.93. The van der Waals surface area contributed by atoms with Crippen molar-refractivity contribution >= 4 is 11.6 Å². The zero-order chi connectivity index (χ0) is 12.8. The van der Waals surface area contributed by atoms with E-state index in [1.165, 1.54) is 12.8 Å². The van der Waals surface area contributed by atoms with Crippen LogP contribution in [0.5, 0.6) is 0 Å². The van der Waals surface area contributed by atoms with Crippen molar-refractivity contribution in [2.45, 2.75) is 44.8 Å². The summed E-state index contributed by atoms with van der Waals surface area (Å²) < 4.78 is 6.21. The van der Waals surface area contributed by atoms with Gasteiger partial charge in [-0.3, -0.25) is 0 Å². The van der Waals surface area contributed by atoms with Gasteiger partial charge >= 0.3 is 0 Å². The Hall–Kier alpha value is -0.570. The molecule has 1 saturated carbocycles. The van der Waals surface area contributed by atoms with Gasteiger partial charge < -0.3 is 10.1 Å². The highest BCUT2D eigenvalue weighted by Gasteiger charge is 2.34. The van der Waals surface area contributed by atoms with E-state index in [0.717, 1.165) is 36.5 Å². The molecular weight excluding hydrogens is 246 g/mol. The van der Waals surface area contributed by atoms with Crippen LogP contribution in [0.25, 0.3) is 0 Å². The van der Waals surface area contributed by atoms with E-state index in [2.05, 4.69) is 12.2 Å². The number of likely N-dealkylation sites (N-methyl/N-ethyl adjacent to an activating group) is 1.